The fourth-order valence-corrected chi connectivity index (χ4v) is 5.88. The molecule has 228 valence electrons. The van der Waals surface area contributed by atoms with Crippen LogP contribution in [-0.2, 0) is 6.54 Å². The van der Waals surface area contributed by atoms with Gasteiger partial charge in [0.05, 0.1) is 5.69 Å². The minimum atomic E-state index is -0.904. The second kappa shape index (κ2) is 12.6. The largest absolute Gasteiger partial charge is 0.491 e. The van der Waals surface area contributed by atoms with Crippen molar-refractivity contribution in [3.8, 4) is 11.5 Å². The number of benzene rings is 2. The lowest BCUT2D eigenvalue weighted by Gasteiger charge is -2.26. The van der Waals surface area contributed by atoms with Crippen molar-refractivity contribution < 1.29 is 28.5 Å². The van der Waals surface area contributed by atoms with E-state index < -0.39 is 23.5 Å². The Morgan fingerprint density at radius 3 is 1.93 bits per heavy atom. The molecule has 0 amide bonds. The molecule has 0 bridgehead atoms. The first-order chi connectivity index (χ1) is 21.2. The van der Waals surface area contributed by atoms with E-state index in [0.717, 1.165) is 32.6 Å². The van der Waals surface area contributed by atoms with Gasteiger partial charge >= 0.3 is 11.3 Å². The first-order valence-electron chi connectivity index (χ1n) is 14.0. The summed E-state index contributed by atoms with van der Waals surface area (Å²) in [6.07, 6.45) is 2.03. The number of aliphatic hydroxyl groups excluding tert-OH is 2. The van der Waals surface area contributed by atoms with E-state index in [4.69, 9.17) is 18.3 Å². The lowest BCUT2D eigenvalue weighted by atomic mass is 10.1. The van der Waals surface area contributed by atoms with E-state index in [1.54, 1.807) is 24.3 Å². The number of aryl methyl sites for hydroxylation is 2. The predicted octanol–water partition coefficient (Wildman–Crippen LogP) is 3.91. The van der Waals surface area contributed by atoms with E-state index >= 15 is 0 Å². The lowest BCUT2D eigenvalue weighted by Crippen LogP contribution is -2.41. The summed E-state index contributed by atoms with van der Waals surface area (Å²) in [5, 5.41) is 25.4. The molecule has 2 N–H and O–H groups in total. The second-order valence-electron chi connectivity index (χ2n) is 10.8. The monoisotopic (exact) mass is 617 g/mol. The molecule has 0 aliphatic rings. The Bertz CT molecular complexity index is 1910. The van der Waals surface area contributed by atoms with E-state index in [9.17, 15) is 19.8 Å². The van der Waals surface area contributed by atoms with Gasteiger partial charge in [0.2, 0.25) is 0 Å². The van der Waals surface area contributed by atoms with Crippen molar-refractivity contribution in [3.05, 3.63) is 104 Å². The maximum absolute atomic E-state index is 11.8. The average Bonchev–Trinajstić information content (AvgIpc) is 3.56. The van der Waals surface area contributed by atoms with Crippen molar-refractivity contribution in [2.75, 3.05) is 26.3 Å². The Balaban J connectivity index is 1.11. The molecule has 0 saturated heterocycles. The van der Waals surface area contributed by atoms with Crippen LogP contribution in [-0.4, -0.2) is 63.0 Å². The van der Waals surface area contributed by atoms with Gasteiger partial charge in [-0.1, -0.05) is 0 Å². The van der Waals surface area contributed by atoms with Gasteiger partial charge in [-0.3, -0.25) is 9.30 Å². The number of hydrogen-bond donors (Lipinski definition) is 2. The van der Waals surface area contributed by atoms with Gasteiger partial charge < -0.3 is 28.5 Å². The number of nitrogens with zero attached hydrogens (tertiary/aromatic N) is 3. The first-order valence-corrected chi connectivity index (χ1v) is 14.9. The van der Waals surface area contributed by atoms with Gasteiger partial charge in [0.15, 0.2) is 4.96 Å². The highest BCUT2D eigenvalue weighted by Gasteiger charge is 2.19. The van der Waals surface area contributed by atoms with E-state index in [1.165, 1.54) is 23.5 Å². The van der Waals surface area contributed by atoms with Crippen molar-refractivity contribution in [1.82, 2.24) is 14.3 Å². The number of imidazole rings is 1. The molecule has 12 heteroatoms. The summed E-state index contributed by atoms with van der Waals surface area (Å²) in [6, 6.07) is 13.3. The summed E-state index contributed by atoms with van der Waals surface area (Å²) in [7, 11) is 0. The molecule has 4 aromatic heterocycles. The summed E-state index contributed by atoms with van der Waals surface area (Å²) < 4.78 is 24.2. The molecule has 0 aliphatic heterocycles. The van der Waals surface area contributed by atoms with Crippen molar-refractivity contribution in [2.45, 2.75) is 32.6 Å². The van der Waals surface area contributed by atoms with E-state index in [0.29, 0.717) is 29.2 Å². The molecule has 2 unspecified atom stereocenters. The van der Waals surface area contributed by atoms with Crippen LogP contribution in [0.25, 0.3) is 26.9 Å². The standard InChI is InChI=1S/C32H31N3O8S/c1-19-9-30(38)42-28-11-24(3-5-26(19)28)40-17-22(36)15-34(13-21-14-35-7-8-44-32(35)33-21)16-23(37)18-41-25-4-6-27-20(2)10-31(39)43-29(27)12-25/h3-12,14,22-23,36-37H,13,15-18H2,1-2H3. The van der Waals surface area contributed by atoms with Crippen molar-refractivity contribution in [2.24, 2.45) is 0 Å². The predicted molar refractivity (Wildman–Crippen MR) is 166 cm³/mol. The summed E-state index contributed by atoms with van der Waals surface area (Å²) in [6.45, 7) is 4.37. The number of thiazole rings is 1. The van der Waals surface area contributed by atoms with E-state index in [-0.39, 0.29) is 26.3 Å². The third-order valence-electron chi connectivity index (χ3n) is 7.20. The molecule has 4 heterocycles. The number of aliphatic hydroxyl groups is 2. The van der Waals surface area contributed by atoms with Crippen molar-refractivity contribution in [3.63, 3.8) is 0 Å². The number of fused-ring (bicyclic) bond motifs is 3. The Kier molecular flexibility index (Phi) is 8.49. The second-order valence-corrected chi connectivity index (χ2v) is 11.6. The van der Waals surface area contributed by atoms with E-state index in [2.05, 4.69) is 4.98 Å². The van der Waals surface area contributed by atoms with Crippen LogP contribution >= 0.6 is 11.3 Å². The summed E-state index contributed by atoms with van der Waals surface area (Å²) >= 11 is 1.52. The Labute approximate surface area is 255 Å². The fraction of sp³-hybridized carbons (Fsp3) is 0.281. The zero-order valence-electron chi connectivity index (χ0n) is 24.1. The lowest BCUT2D eigenvalue weighted by molar-refractivity contribution is 0.0279. The first kappa shape index (κ1) is 29.6. The number of rotatable bonds is 12. The van der Waals surface area contributed by atoms with Crippen LogP contribution in [0.1, 0.15) is 16.8 Å². The summed E-state index contributed by atoms with van der Waals surface area (Å²) in [5.41, 5.74) is 2.35. The Morgan fingerprint density at radius 1 is 0.864 bits per heavy atom. The van der Waals surface area contributed by atoms with Crippen LogP contribution in [0.2, 0.25) is 0 Å². The normalized spacial score (nSPS) is 13.2. The Morgan fingerprint density at radius 2 is 1.41 bits per heavy atom. The zero-order chi connectivity index (χ0) is 30.8. The molecular formula is C32H31N3O8S. The summed E-state index contributed by atoms with van der Waals surface area (Å²) in [4.78, 5) is 30.9. The minimum Gasteiger partial charge on any atom is -0.491 e. The highest BCUT2D eigenvalue weighted by Crippen LogP contribution is 2.24. The van der Waals surface area contributed by atoms with Crippen molar-refractivity contribution >= 4 is 38.2 Å². The SMILES string of the molecule is Cc1cc(=O)oc2cc(OCC(O)CN(Cc3cn4ccsc4n3)CC(O)COc3ccc4c(C)cc(=O)oc4c3)ccc12. The van der Waals surface area contributed by atoms with Gasteiger partial charge in [0, 0.05) is 72.4 Å². The van der Waals surface area contributed by atoms with Gasteiger partial charge in [0.1, 0.15) is 48.1 Å². The highest BCUT2D eigenvalue weighted by atomic mass is 32.1. The van der Waals surface area contributed by atoms with Crippen LogP contribution < -0.4 is 20.7 Å². The maximum atomic E-state index is 11.8. The summed E-state index contributed by atoms with van der Waals surface area (Å²) in [5.74, 6) is 0.919. The van der Waals surface area contributed by atoms with Gasteiger partial charge in [-0.05, 0) is 49.2 Å². The average molecular weight is 618 g/mol. The van der Waals surface area contributed by atoms with Gasteiger partial charge in [-0.15, -0.1) is 11.3 Å². The quantitative estimate of drug-likeness (QED) is 0.194. The minimum absolute atomic E-state index is 0.0232. The highest BCUT2D eigenvalue weighted by molar-refractivity contribution is 7.15. The molecule has 0 spiro atoms. The van der Waals surface area contributed by atoms with Gasteiger partial charge in [-0.25, -0.2) is 14.6 Å². The molecule has 44 heavy (non-hydrogen) atoms. The smallest absolute Gasteiger partial charge is 0.336 e. The number of aromatic nitrogens is 2. The molecule has 2 atom stereocenters. The van der Waals surface area contributed by atoms with E-state index in [1.807, 2.05) is 53.1 Å². The molecule has 6 rings (SSSR count). The molecule has 6 aromatic rings. The van der Waals surface area contributed by atoms with Gasteiger partial charge in [-0.2, -0.15) is 0 Å². The van der Waals surface area contributed by atoms with Crippen LogP contribution in [0.5, 0.6) is 11.5 Å². The van der Waals surface area contributed by atoms with Crippen LogP contribution in [0.4, 0.5) is 0 Å². The third-order valence-corrected chi connectivity index (χ3v) is 7.97. The molecule has 0 fully saturated rings. The third kappa shape index (κ3) is 6.84. The topological polar surface area (TPSA) is 140 Å². The number of ether oxygens (including phenoxy) is 2. The molecule has 2 aromatic carbocycles. The molecule has 0 radical (unpaired) electrons. The Hall–Kier alpha value is -4.49. The van der Waals surface area contributed by atoms with Crippen LogP contribution in [0.3, 0.4) is 0 Å². The molecule has 11 nitrogen and oxygen atoms in total. The number of hydrogen-bond acceptors (Lipinski definition) is 11. The van der Waals surface area contributed by atoms with Crippen LogP contribution in [0.15, 0.2) is 84.7 Å². The molecule has 0 saturated carbocycles. The molecular weight excluding hydrogens is 586 g/mol. The zero-order valence-corrected chi connectivity index (χ0v) is 25.0. The maximum Gasteiger partial charge on any atom is 0.336 e. The van der Waals surface area contributed by atoms with Crippen molar-refractivity contribution in [1.29, 1.82) is 0 Å². The fourth-order valence-electron chi connectivity index (χ4n) is 5.16. The van der Waals surface area contributed by atoms with Crippen LogP contribution in [0, 0.1) is 13.8 Å². The van der Waals surface area contributed by atoms with Gasteiger partial charge in [0.25, 0.3) is 0 Å². The molecule has 0 aliphatic carbocycles.